The summed E-state index contributed by atoms with van der Waals surface area (Å²) in [6.07, 6.45) is 0. The molecule has 1 aromatic rings. The van der Waals surface area contributed by atoms with Crippen molar-refractivity contribution < 1.29 is 4.79 Å². The summed E-state index contributed by atoms with van der Waals surface area (Å²) < 4.78 is 0. The molecule has 0 aromatic heterocycles. The van der Waals surface area contributed by atoms with E-state index in [1.807, 2.05) is 45.8 Å². The highest BCUT2D eigenvalue weighted by Crippen LogP contribution is 2.32. The molecule has 1 unspecified atom stereocenters. The van der Waals surface area contributed by atoms with Gasteiger partial charge in [0, 0.05) is 14.1 Å². The van der Waals surface area contributed by atoms with E-state index in [2.05, 4.69) is 5.32 Å². The van der Waals surface area contributed by atoms with Crippen LogP contribution >= 0.6 is 11.6 Å². The van der Waals surface area contributed by atoms with E-state index in [9.17, 15) is 4.79 Å². The second-order valence-corrected chi connectivity index (χ2v) is 6.27. The monoisotopic (exact) mass is 283 g/mol. The Balaban J connectivity index is 3.01. The molecule has 0 saturated carbocycles. The molecule has 0 spiro atoms. The van der Waals surface area contributed by atoms with Crippen LogP contribution in [0.3, 0.4) is 0 Å². The van der Waals surface area contributed by atoms with Gasteiger partial charge in [0.05, 0.1) is 22.4 Å². The lowest BCUT2D eigenvalue weighted by Gasteiger charge is -2.27. The molecule has 1 rings (SSSR count). The molecule has 0 radical (unpaired) electrons. The summed E-state index contributed by atoms with van der Waals surface area (Å²) in [7, 11) is 3.75. The Kier molecular flexibility index (Phi) is 4.82. The highest BCUT2D eigenvalue weighted by molar-refractivity contribution is 6.34. The SMILES string of the molecule is CN(C)c1c(Cl)cccc1NC(=O)C(N)C(C)(C)C. The van der Waals surface area contributed by atoms with Gasteiger partial charge in [0.25, 0.3) is 0 Å². The second-order valence-electron chi connectivity index (χ2n) is 5.86. The molecular weight excluding hydrogens is 262 g/mol. The number of nitrogens with one attached hydrogen (secondary N) is 1. The number of carbonyl (C=O) groups is 1. The quantitative estimate of drug-likeness (QED) is 0.897. The molecule has 106 valence electrons. The number of para-hydroxylation sites is 1. The molecule has 0 aliphatic heterocycles. The molecule has 0 bridgehead atoms. The normalized spacial score (nSPS) is 13.0. The van der Waals surface area contributed by atoms with Gasteiger partial charge in [-0.2, -0.15) is 0 Å². The minimum absolute atomic E-state index is 0.210. The molecule has 4 nitrogen and oxygen atoms in total. The smallest absolute Gasteiger partial charge is 0.241 e. The number of anilines is 2. The van der Waals surface area contributed by atoms with E-state index in [4.69, 9.17) is 17.3 Å². The Morgan fingerprint density at radius 1 is 1.37 bits per heavy atom. The summed E-state index contributed by atoms with van der Waals surface area (Å²) in [4.78, 5) is 14.0. The maximum atomic E-state index is 12.1. The largest absolute Gasteiger partial charge is 0.375 e. The van der Waals surface area contributed by atoms with E-state index in [0.717, 1.165) is 5.69 Å². The standard InChI is InChI=1S/C14H22ClN3O/c1-14(2,3)12(16)13(19)17-10-8-6-7-9(15)11(10)18(4)5/h6-8,12H,16H2,1-5H3,(H,17,19). The molecule has 0 fully saturated rings. The molecule has 0 aliphatic rings. The van der Waals surface area contributed by atoms with Gasteiger partial charge >= 0.3 is 0 Å². The topological polar surface area (TPSA) is 58.4 Å². The average molecular weight is 284 g/mol. The summed E-state index contributed by atoms with van der Waals surface area (Å²) in [6, 6.07) is 4.82. The van der Waals surface area contributed by atoms with Crippen molar-refractivity contribution in [3.05, 3.63) is 23.2 Å². The average Bonchev–Trinajstić information content (AvgIpc) is 2.26. The number of carbonyl (C=O) groups excluding carboxylic acids is 1. The predicted molar refractivity (Wildman–Crippen MR) is 81.8 cm³/mol. The van der Waals surface area contributed by atoms with Gasteiger partial charge in [0.2, 0.25) is 5.91 Å². The number of amides is 1. The Labute approximate surface area is 119 Å². The minimum Gasteiger partial charge on any atom is -0.375 e. The highest BCUT2D eigenvalue weighted by Gasteiger charge is 2.28. The van der Waals surface area contributed by atoms with Crippen molar-refractivity contribution in [1.29, 1.82) is 0 Å². The number of hydrogen-bond donors (Lipinski definition) is 2. The lowest BCUT2D eigenvalue weighted by atomic mass is 9.87. The fraction of sp³-hybridized carbons (Fsp3) is 0.500. The van der Waals surface area contributed by atoms with Crippen LogP contribution in [0.2, 0.25) is 5.02 Å². The van der Waals surface area contributed by atoms with Crippen molar-refractivity contribution in [2.24, 2.45) is 11.1 Å². The second kappa shape index (κ2) is 5.80. The Hall–Kier alpha value is -1.26. The van der Waals surface area contributed by atoms with Crippen LogP contribution in [0.5, 0.6) is 0 Å². The van der Waals surface area contributed by atoms with Crippen LogP contribution in [-0.2, 0) is 4.79 Å². The number of nitrogens with zero attached hydrogens (tertiary/aromatic N) is 1. The van der Waals surface area contributed by atoms with Crippen molar-refractivity contribution in [1.82, 2.24) is 0 Å². The molecule has 1 aromatic carbocycles. The van der Waals surface area contributed by atoms with Crippen LogP contribution < -0.4 is 16.0 Å². The first-order valence-corrected chi connectivity index (χ1v) is 6.54. The van der Waals surface area contributed by atoms with E-state index in [1.165, 1.54) is 0 Å². The van der Waals surface area contributed by atoms with Gasteiger partial charge in [-0.05, 0) is 17.5 Å². The first-order chi connectivity index (χ1) is 8.64. The van der Waals surface area contributed by atoms with Crippen LogP contribution in [0.4, 0.5) is 11.4 Å². The highest BCUT2D eigenvalue weighted by atomic mass is 35.5. The molecule has 5 heteroatoms. The molecule has 1 amide bonds. The zero-order valence-electron chi connectivity index (χ0n) is 12.1. The third-order valence-electron chi connectivity index (χ3n) is 2.91. The summed E-state index contributed by atoms with van der Waals surface area (Å²) >= 11 is 6.15. The number of nitrogens with two attached hydrogens (primary N) is 1. The summed E-state index contributed by atoms with van der Waals surface area (Å²) in [5, 5.41) is 3.44. The van der Waals surface area contributed by atoms with E-state index in [-0.39, 0.29) is 11.3 Å². The van der Waals surface area contributed by atoms with E-state index >= 15 is 0 Å². The van der Waals surface area contributed by atoms with E-state index in [0.29, 0.717) is 10.7 Å². The van der Waals surface area contributed by atoms with Crippen LogP contribution in [0, 0.1) is 5.41 Å². The zero-order valence-corrected chi connectivity index (χ0v) is 12.9. The van der Waals surface area contributed by atoms with Crippen LogP contribution in [0.1, 0.15) is 20.8 Å². The molecular formula is C14H22ClN3O. The van der Waals surface area contributed by atoms with E-state index in [1.54, 1.807) is 12.1 Å². The summed E-state index contributed by atoms with van der Waals surface area (Å²) in [5.41, 5.74) is 7.10. The minimum atomic E-state index is -0.582. The van der Waals surface area contributed by atoms with Gasteiger partial charge in [-0.15, -0.1) is 0 Å². The van der Waals surface area contributed by atoms with Gasteiger partial charge < -0.3 is 16.0 Å². The van der Waals surface area contributed by atoms with Crippen molar-refractivity contribution >= 4 is 28.9 Å². The lowest BCUT2D eigenvalue weighted by Crippen LogP contribution is -2.45. The molecule has 0 saturated heterocycles. The maximum absolute atomic E-state index is 12.1. The first kappa shape index (κ1) is 15.8. The lowest BCUT2D eigenvalue weighted by molar-refractivity contribution is -0.119. The van der Waals surface area contributed by atoms with Gasteiger partial charge in [-0.1, -0.05) is 38.4 Å². The van der Waals surface area contributed by atoms with E-state index < -0.39 is 6.04 Å². The van der Waals surface area contributed by atoms with Gasteiger partial charge in [-0.25, -0.2) is 0 Å². The van der Waals surface area contributed by atoms with Crippen molar-refractivity contribution in [3.63, 3.8) is 0 Å². The predicted octanol–water partition coefficient (Wildman–Crippen LogP) is 2.72. The molecule has 3 N–H and O–H groups in total. The third-order valence-corrected chi connectivity index (χ3v) is 3.21. The van der Waals surface area contributed by atoms with Gasteiger partial charge in [-0.3, -0.25) is 4.79 Å². The molecule has 0 aliphatic carbocycles. The number of benzene rings is 1. The molecule has 1 atom stereocenters. The number of rotatable bonds is 3. The van der Waals surface area contributed by atoms with Crippen LogP contribution in [-0.4, -0.2) is 26.0 Å². The van der Waals surface area contributed by atoms with Crippen molar-refractivity contribution in [2.75, 3.05) is 24.3 Å². The maximum Gasteiger partial charge on any atom is 0.241 e. The fourth-order valence-corrected chi connectivity index (χ4v) is 2.02. The van der Waals surface area contributed by atoms with Crippen LogP contribution in [0.15, 0.2) is 18.2 Å². The Bertz CT molecular complexity index is 466. The Morgan fingerprint density at radius 3 is 2.42 bits per heavy atom. The third kappa shape index (κ3) is 3.85. The first-order valence-electron chi connectivity index (χ1n) is 6.17. The zero-order chi connectivity index (χ0) is 14.8. The summed E-state index contributed by atoms with van der Waals surface area (Å²) in [6.45, 7) is 5.80. The van der Waals surface area contributed by atoms with Crippen molar-refractivity contribution in [2.45, 2.75) is 26.8 Å². The Morgan fingerprint density at radius 2 is 1.95 bits per heavy atom. The number of hydrogen-bond acceptors (Lipinski definition) is 3. The summed E-state index contributed by atoms with van der Waals surface area (Å²) in [5.74, 6) is -0.210. The molecule has 19 heavy (non-hydrogen) atoms. The van der Waals surface area contributed by atoms with Gasteiger partial charge in [0.15, 0.2) is 0 Å². The van der Waals surface area contributed by atoms with Crippen LogP contribution in [0.25, 0.3) is 0 Å². The number of halogens is 1. The fourth-order valence-electron chi connectivity index (χ4n) is 1.67. The van der Waals surface area contributed by atoms with Crippen molar-refractivity contribution in [3.8, 4) is 0 Å². The molecule has 0 heterocycles. The van der Waals surface area contributed by atoms with Gasteiger partial charge in [0.1, 0.15) is 0 Å².